The van der Waals surface area contributed by atoms with Gasteiger partial charge in [-0.05, 0) is 43.6 Å². The van der Waals surface area contributed by atoms with Gasteiger partial charge in [0.1, 0.15) is 0 Å². The Labute approximate surface area is 118 Å². The minimum atomic E-state index is 0.220. The molecule has 2 atom stereocenters. The summed E-state index contributed by atoms with van der Waals surface area (Å²) in [4.78, 5) is 2.72. The van der Waals surface area contributed by atoms with Crippen molar-refractivity contribution < 1.29 is 4.74 Å². The highest BCUT2D eigenvalue weighted by Crippen LogP contribution is 2.48. The van der Waals surface area contributed by atoms with Crippen LogP contribution in [0.1, 0.15) is 52.4 Å². The van der Waals surface area contributed by atoms with E-state index < -0.39 is 0 Å². The fourth-order valence-corrected chi connectivity index (χ4v) is 4.47. The summed E-state index contributed by atoms with van der Waals surface area (Å²) in [5.74, 6) is 0.694. The molecule has 2 unspecified atom stereocenters. The number of likely N-dealkylation sites (tertiary alicyclic amines) is 1. The zero-order valence-corrected chi connectivity index (χ0v) is 13.1. The van der Waals surface area contributed by atoms with Gasteiger partial charge in [-0.2, -0.15) is 0 Å². The molecule has 3 nitrogen and oxygen atoms in total. The quantitative estimate of drug-likeness (QED) is 0.852. The third kappa shape index (κ3) is 2.84. The van der Waals surface area contributed by atoms with Crippen LogP contribution >= 0.6 is 0 Å². The summed E-state index contributed by atoms with van der Waals surface area (Å²) in [5, 5.41) is 0. The summed E-state index contributed by atoms with van der Waals surface area (Å²) < 4.78 is 5.38. The maximum Gasteiger partial charge on any atom is 0.0502 e. The molecule has 0 amide bonds. The van der Waals surface area contributed by atoms with Crippen molar-refractivity contribution >= 4 is 0 Å². The highest BCUT2D eigenvalue weighted by atomic mass is 16.5. The van der Waals surface area contributed by atoms with Gasteiger partial charge in [0.05, 0.1) is 6.61 Å². The molecule has 2 rings (SSSR count). The topological polar surface area (TPSA) is 38.5 Å². The number of ether oxygens (including phenoxy) is 1. The van der Waals surface area contributed by atoms with Crippen molar-refractivity contribution in [3.63, 3.8) is 0 Å². The van der Waals surface area contributed by atoms with E-state index in [1.165, 1.54) is 51.6 Å². The lowest BCUT2D eigenvalue weighted by Crippen LogP contribution is -2.65. The standard InChI is InChI=1S/C16H32N2O/c1-15(2)8-4-5-9-16(15,13-17)18-10-6-7-14(11-18)12-19-3/h14H,4-13,17H2,1-3H3. The minimum absolute atomic E-state index is 0.220. The number of hydrogen-bond acceptors (Lipinski definition) is 3. The van der Waals surface area contributed by atoms with Gasteiger partial charge in [0, 0.05) is 25.7 Å². The van der Waals surface area contributed by atoms with Gasteiger partial charge in [-0.25, -0.2) is 0 Å². The molecule has 0 radical (unpaired) electrons. The number of piperidine rings is 1. The van der Waals surface area contributed by atoms with Gasteiger partial charge < -0.3 is 10.5 Å². The molecule has 1 saturated heterocycles. The largest absolute Gasteiger partial charge is 0.384 e. The molecule has 1 saturated carbocycles. The third-order valence-electron chi connectivity index (χ3n) is 5.77. The summed E-state index contributed by atoms with van der Waals surface area (Å²) in [7, 11) is 1.82. The fourth-order valence-electron chi connectivity index (χ4n) is 4.47. The third-order valence-corrected chi connectivity index (χ3v) is 5.77. The zero-order chi connectivity index (χ0) is 13.9. The van der Waals surface area contributed by atoms with Crippen LogP contribution in [0.3, 0.4) is 0 Å². The highest BCUT2D eigenvalue weighted by molar-refractivity contribution is 5.06. The second-order valence-electron chi connectivity index (χ2n) is 7.24. The van der Waals surface area contributed by atoms with Gasteiger partial charge in [0.15, 0.2) is 0 Å². The fraction of sp³-hybridized carbons (Fsp3) is 1.00. The Morgan fingerprint density at radius 3 is 2.58 bits per heavy atom. The lowest BCUT2D eigenvalue weighted by molar-refractivity contribution is -0.0697. The van der Waals surface area contributed by atoms with Gasteiger partial charge in [0.2, 0.25) is 0 Å². The minimum Gasteiger partial charge on any atom is -0.384 e. The van der Waals surface area contributed by atoms with Crippen LogP contribution in [0.25, 0.3) is 0 Å². The monoisotopic (exact) mass is 268 g/mol. The Kier molecular flexibility index (Phi) is 4.91. The summed E-state index contributed by atoms with van der Waals surface area (Å²) in [5.41, 5.74) is 6.85. The average molecular weight is 268 g/mol. The first-order chi connectivity index (χ1) is 9.05. The number of rotatable bonds is 4. The molecule has 1 aliphatic heterocycles. The lowest BCUT2D eigenvalue weighted by atomic mass is 9.61. The Bertz CT molecular complexity index is 290. The zero-order valence-electron chi connectivity index (χ0n) is 13.1. The molecule has 2 N–H and O–H groups in total. The number of hydrogen-bond donors (Lipinski definition) is 1. The maximum atomic E-state index is 6.29. The van der Waals surface area contributed by atoms with Gasteiger partial charge in [0.25, 0.3) is 0 Å². The van der Waals surface area contributed by atoms with Crippen molar-refractivity contribution in [2.75, 3.05) is 33.4 Å². The van der Waals surface area contributed by atoms with Crippen LogP contribution in [0.5, 0.6) is 0 Å². The molecule has 0 aromatic carbocycles. The van der Waals surface area contributed by atoms with Crippen molar-refractivity contribution in [1.82, 2.24) is 4.90 Å². The normalized spacial score (nSPS) is 36.3. The van der Waals surface area contributed by atoms with Crippen LogP contribution in [0.4, 0.5) is 0 Å². The Morgan fingerprint density at radius 2 is 1.95 bits per heavy atom. The Morgan fingerprint density at radius 1 is 1.21 bits per heavy atom. The maximum absolute atomic E-state index is 6.29. The van der Waals surface area contributed by atoms with E-state index >= 15 is 0 Å². The van der Waals surface area contributed by atoms with Crippen molar-refractivity contribution in [2.24, 2.45) is 17.1 Å². The Hall–Kier alpha value is -0.120. The summed E-state index contributed by atoms with van der Waals surface area (Å²) in [6, 6.07) is 0. The van der Waals surface area contributed by atoms with Gasteiger partial charge in [-0.15, -0.1) is 0 Å². The molecule has 0 spiro atoms. The van der Waals surface area contributed by atoms with Gasteiger partial charge in [-0.3, -0.25) is 4.90 Å². The molecular weight excluding hydrogens is 236 g/mol. The molecule has 19 heavy (non-hydrogen) atoms. The first-order valence-corrected chi connectivity index (χ1v) is 8.00. The molecule has 3 heteroatoms. The van der Waals surface area contributed by atoms with E-state index in [-0.39, 0.29) is 5.54 Å². The second kappa shape index (κ2) is 6.11. The van der Waals surface area contributed by atoms with E-state index in [1.54, 1.807) is 0 Å². The number of nitrogens with two attached hydrogens (primary N) is 1. The van der Waals surface area contributed by atoms with E-state index in [0.717, 1.165) is 13.2 Å². The second-order valence-corrected chi connectivity index (χ2v) is 7.24. The summed E-state index contributed by atoms with van der Waals surface area (Å²) >= 11 is 0. The molecule has 0 aromatic heterocycles. The van der Waals surface area contributed by atoms with E-state index in [9.17, 15) is 0 Å². The first-order valence-electron chi connectivity index (χ1n) is 8.00. The van der Waals surface area contributed by atoms with Crippen molar-refractivity contribution in [3.8, 4) is 0 Å². The van der Waals surface area contributed by atoms with Crippen LogP contribution in [0.2, 0.25) is 0 Å². The van der Waals surface area contributed by atoms with Crippen LogP contribution in [0, 0.1) is 11.3 Å². The molecule has 0 bridgehead atoms. The molecule has 1 heterocycles. The average Bonchev–Trinajstić information content (AvgIpc) is 2.39. The molecular formula is C16H32N2O. The smallest absolute Gasteiger partial charge is 0.0502 e. The predicted octanol–water partition coefficient (Wildman–Crippen LogP) is 2.64. The van der Waals surface area contributed by atoms with Crippen molar-refractivity contribution in [2.45, 2.75) is 57.9 Å². The summed E-state index contributed by atoms with van der Waals surface area (Å²) in [6.07, 6.45) is 7.90. The van der Waals surface area contributed by atoms with Crippen molar-refractivity contribution in [3.05, 3.63) is 0 Å². The van der Waals surface area contributed by atoms with Crippen LogP contribution in [-0.4, -0.2) is 43.8 Å². The van der Waals surface area contributed by atoms with Gasteiger partial charge >= 0.3 is 0 Å². The van der Waals surface area contributed by atoms with E-state index in [1.807, 2.05) is 7.11 Å². The predicted molar refractivity (Wildman–Crippen MR) is 80.2 cm³/mol. The van der Waals surface area contributed by atoms with Crippen molar-refractivity contribution in [1.29, 1.82) is 0 Å². The molecule has 1 aliphatic carbocycles. The number of methoxy groups -OCH3 is 1. The highest BCUT2D eigenvalue weighted by Gasteiger charge is 2.50. The van der Waals surface area contributed by atoms with Crippen LogP contribution in [-0.2, 0) is 4.74 Å². The van der Waals surface area contributed by atoms with Crippen LogP contribution < -0.4 is 5.73 Å². The molecule has 2 fully saturated rings. The van der Waals surface area contributed by atoms with E-state index in [0.29, 0.717) is 11.3 Å². The lowest BCUT2D eigenvalue weighted by Gasteiger charge is -2.58. The van der Waals surface area contributed by atoms with E-state index in [2.05, 4.69) is 18.7 Å². The molecule has 0 aromatic rings. The SMILES string of the molecule is COCC1CCCN(C2(CN)CCCCC2(C)C)C1. The van der Waals surface area contributed by atoms with E-state index in [4.69, 9.17) is 10.5 Å². The first kappa shape index (κ1) is 15.3. The van der Waals surface area contributed by atoms with Gasteiger partial charge in [-0.1, -0.05) is 26.7 Å². The number of nitrogens with zero attached hydrogens (tertiary/aromatic N) is 1. The Balaban J connectivity index is 2.15. The van der Waals surface area contributed by atoms with Crippen LogP contribution in [0.15, 0.2) is 0 Å². The molecule has 112 valence electrons. The molecule has 2 aliphatic rings. The summed E-state index contributed by atoms with van der Waals surface area (Å²) in [6.45, 7) is 8.96.